The van der Waals surface area contributed by atoms with Crippen LogP contribution in [0.3, 0.4) is 0 Å². The van der Waals surface area contributed by atoms with Crippen molar-refractivity contribution in [3.63, 3.8) is 0 Å². The highest BCUT2D eigenvalue weighted by Crippen LogP contribution is 2.26. The molecule has 0 radical (unpaired) electrons. The molecule has 4 rings (SSSR count). The van der Waals surface area contributed by atoms with E-state index in [0.717, 1.165) is 24.6 Å². The molecule has 2 amide bonds. The van der Waals surface area contributed by atoms with Crippen molar-refractivity contribution in [2.24, 2.45) is 0 Å². The Labute approximate surface area is 268 Å². The summed E-state index contributed by atoms with van der Waals surface area (Å²) in [4.78, 5) is 29.7. The van der Waals surface area contributed by atoms with Gasteiger partial charge in [-0.3, -0.25) is 13.9 Å². The maximum absolute atomic E-state index is 14.4. The molecule has 4 aromatic rings. The van der Waals surface area contributed by atoms with Gasteiger partial charge in [-0.05, 0) is 90.9 Å². The molecule has 0 unspecified atom stereocenters. The standard InChI is InChI=1S/C34H36IN3O4S/c1-25(2)36-34(40)32(22-27-10-6-4-7-11-27)37(23-28-16-14-26(3)15-17-28)33(39)24-38(30-20-18-29(35)19-21-30)43(41,42)31-12-8-5-9-13-31/h4-21,25,32H,22-24H2,1-3H3,(H,36,40)/t32-/m0/s1. The van der Waals surface area contributed by atoms with Gasteiger partial charge in [-0.15, -0.1) is 0 Å². The van der Waals surface area contributed by atoms with E-state index in [1.54, 1.807) is 42.5 Å². The summed E-state index contributed by atoms with van der Waals surface area (Å²) in [5, 5.41) is 2.98. The number of carbonyl (C=O) groups excluding carboxylic acids is 2. The highest BCUT2D eigenvalue weighted by atomic mass is 127. The number of hydrogen-bond donors (Lipinski definition) is 1. The summed E-state index contributed by atoms with van der Waals surface area (Å²) in [7, 11) is -4.12. The summed E-state index contributed by atoms with van der Waals surface area (Å²) in [5.74, 6) is -0.787. The molecule has 0 saturated heterocycles. The molecule has 1 atom stereocenters. The van der Waals surface area contributed by atoms with E-state index in [4.69, 9.17) is 0 Å². The molecule has 43 heavy (non-hydrogen) atoms. The second-order valence-electron chi connectivity index (χ2n) is 10.7. The Bertz CT molecular complexity index is 1610. The molecule has 0 aromatic heterocycles. The van der Waals surface area contributed by atoms with E-state index in [-0.39, 0.29) is 29.8 Å². The van der Waals surface area contributed by atoms with Crippen LogP contribution in [0.15, 0.2) is 114 Å². The Morgan fingerprint density at radius 2 is 1.37 bits per heavy atom. The van der Waals surface area contributed by atoms with Gasteiger partial charge in [-0.2, -0.15) is 0 Å². The quantitative estimate of drug-likeness (QED) is 0.184. The van der Waals surface area contributed by atoms with Gasteiger partial charge in [0, 0.05) is 22.6 Å². The number of rotatable bonds is 12. The third-order valence-electron chi connectivity index (χ3n) is 6.90. The second-order valence-corrected chi connectivity index (χ2v) is 13.8. The highest BCUT2D eigenvalue weighted by Gasteiger charge is 2.34. The fourth-order valence-corrected chi connectivity index (χ4v) is 6.48. The minimum atomic E-state index is -4.12. The molecular formula is C34H36IN3O4S. The van der Waals surface area contributed by atoms with Crippen molar-refractivity contribution in [1.82, 2.24) is 10.2 Å². The molecule has 224 valence electrons. The average molecular weight is 710 g/mol. The van der Waals surface area contributed by atoms with Crippen LogP contribution in [0.4, 0.5) is 5.69 Å². The summed E-state index contributed by atoms with van der Waals surface area (Å²) in [6.45, 7) is 5.37. The van der Waals surface area contributed by atoms with Crippen molar-refractivity contribution in [3.8, 4) is 0 Å². The molecule has 0 heterocycles. The van der Waals surface area contributed by atoms with Gasteiger partial charge in [-0.1, -0.05) is 78.4 Å². The summed E-state index contributed by atoms with van der Waals surface area (Å²) in [6.07, 6.45) is 0.270. The van der Waals surface area contributed by atoms with Gasteiger partial charge in [-0.25, -0.2) is 8.42 Å². The summed E-state index contributed by atoms with van der Waals surface area (Å²) in [6, 6.07) is 31.3. The van der Waals surface area contributed by atoms with Crippen LogP contribution in [0.2, 0.25) is 0 Å². The van der Waals surface area contributed by atoms with Gasteiger partial charge >= 0.3 is 0 Å². The Kier molecular flexibility index (Phi) is 11.0. The summed E-state index contributed by atoms with van der Waals surface area (Å²) >= 11 is 2.15. The van der Waals surface area contributed by atoms with Crippen LogP contribution in [0.25, 0.3) is 0 Å². The van der Waals surface area contributed by atoms with E-state index in [0.29, 0.717) is 5.69 Å². The van der Waals surface area contributed by atoms with E-state index < -0.39 is 28.5 Å². The molecule has 0 aliphatic carbocycles. The first-order valence-electron chi connectivity index (χ1n) is 14.1. The molecule has 1 N–H and O–H groups in total. The van der Waals surface area contributed by atoms with Gasteiger partial charge in [0.2, 0.25) is 11.8 Å². The number of hydrogen-bond acceptors (Lipinski definition) is 4. The highest BCUT2D eigenvalue weighted by molar-refractivity contribution is 14.1. The number of amides is 2. The van der Waals surface area contributed by atoms with Crippen molar-refractivity contribution < 1.29 is 18.0 Å². The SMILES string of the molecule is Cc1ccc(CN(C(=O)CN(c2ccc(I)cc2)S(=O)(=O)c2ccccc2)[C@@H](Cc2ccccc2)C(=O)NC(C)C)cc1. The smallest absolute Gasteiger partial charge is 0.264 e. The lowest BCUT2D eigenvalue weighted by Gasteiger charge is -2.34. The van der Waals surface area contributed by atoms with Crippen LogP contribution >= 0.6 is 22.6 Å². The van der Waals surface area contributed by atoms with Crippen molar-refractivity contribution >= 4 is 50.1 Å². The number of carbonyl (C=O) groups is 2. The molecule has 0 aliphatic rings. The van der Waals surface area contributed by atoms with E-state index in [1.165, 1.54) is 17.0 Å². The van der Waals surface area contributed by atoms with E-state index in [1.807, 2.05) is 75.4 Å². The molecule has 0 spiro atoms. The van der Waals surface area contributed by atoms with Crippen LogP contribution in [0.1, 0.15) is 30.5 Å². The predicted octanol–water partition coefficient (Wildman–Crippen LogP) is 5.96. The van der Waals surface area contributed by atoms with Crippen LogP contribution in [0, 0.1) is 10.5 Å². The second kappa shape index (κ2) is 14.7. The van der Waals surface area contributed by atoms with Crippen LogP contribution in [0.5, 0.6) is 0 Å². The molecule has 0 fully saturated rings. The number of benzene rings is 4. The predicted molar refractivity (Wildman–Crippen MR) is 179 cm³/mol. The number of halogens is 1. The molecule has 0 bridgehead atoms. The lowest BCUT2D eigenvalue weighted by Crippen LogP contribution is -2.54. The van der Waals surface area contributed by atoms with Gasteiger partial charge < -0.3 is 10.2 Å². The van der Waals surface area contributed by atoms with Crippen LogP contribution in [-0.2, 0) is 32.6 Å². The first-order chi connectivity index (χ1) is 20.5. The van der Waals surface area contributed by atoms with Gasteiger partial charge in [0.05, 0.1) is 10.6 Å². The Morgan fingerprint density at radius 3 is 1.95 bits per heavy atom. The minimum absolute atomic E-state index is 0.0739. The van der Waals surface area contributed by atoms with Crippen LogP contribution < -0.4 is 9.62 Å². The molecule has 9 heteroatoms. The average Bonchev–Trinajstić information content (AvgIpc) is 2.99. The van der Waals surface area contributed by atoms with Gasteiger partial charge in [0.25, 0.3) is 10.0 Å². The van der Waals surface area contributed by atoms with Crippen molar-refractivity contribution in [2.75, 3.05) is 10.8 Å². The zero-order valence-corrected chi connectivity index (χ0v) is 27.5. The fourth-order valence-electron chi connectivity index (χ4n) is 4.68. The van der Waals surface area contributed by atoms with Crippen molar-refractivity contribution in [1.29, 1.82) is 0 Å². The number of aryl methyl sites for hydroxylation is 1. The monoisotopic (exact) mass is 709 g/mol. The van der Waals surface area contributed by atoms with E-state index in [9.17, 15) is 18.0 Å². The van der Waals surface area contributed by atoms with Crippen LogP contribution in [-0.4, -0.2) is 43.8 Å². The van der Waals surface area contributed by atoms with Crippen molar-refractivity contribution in [2.45, 2.75) is 50.7 Å². The first kappa shape index (κ1) is 32.2. The molecular weight excluding hydrogens is 673 g/mol. The van der Waals surface area contributed by atoms with Crippen molar-refractivity contribution in [3.05, 3.63) is 129 Å². The summed E-state index contributed by atoms with van der Waals surface area (Å²) < 4.78 is 30.0. The van der Waals surface area contributed by atoms with E-state index >= 15 is 0 Å². The number of nitrogens with zero attached hydrogens (tertiary/aromatic N) is 2. The largest absolute Gasteiger partial charge is 0.352 e. The summed E-state index contributed by atoms with van der Waals surface area (Å²) in [5.41, 5.74) is 3.15. The Hall–Kier alpha value is -3.70. The lowest BCUT2D eigenvalue weighted by atomic mass is 10.0. The lowest BCUT2D eigenvalue weighted by molar-refractivity contribution is -0.140. The van der Waals surface area contributed by atoms with Gasteiger partial charge in [0.15, 0.2) is 0 Å². The Balaban J connectivity index is 1.79. The first-order valence-corrected chi connectivity index (χ1v) is 16.6. The zero-order chi connectivity index (χ0) is 31.0. The maximum Gasteiger partial charge on any atom is 0.264 e. The van der Waals surface area contributed by atoms with Gasteiger partial charge in [0.1, 0.15) is 12.6 Å². The fraction of sp³-hybridized carbons (Fsp3) is 0.235. The molecule has 0 saturated carbocycles. The topological polar surface area (TPSA) is 86.8 Å². The Morgan fingerprint density at radius 1 is 0.791 bits per heavy atom. The third kappa shape index (κ3) is 8.67. The van der Waals surface area contributed by atoms with E-state index in [2.05, 4.69) is 27.9 Å². The zero-order valence-electron chi connectivity index (χ0n) is 24.5. The number of anilines is 1. The molecule has 7 nitrogen and oxygen atoms in total. The normalized spacial score (nSPS) is 12.0. The minimum Gasteiger partial charge on any atom is -0.352 e. The third-order valence-corrected chi connectivity index (χ3v) is 9.41. The number of nitrogens with one attached hydrogen (secondary N) is 1. The number of sulfonamides is 1. The molecule has 0 aliphatic heterocycles. The maximum atomic E-state index is 14.4. The molecule has 4 aromatic carbocycles.